The average molecular weight is 249 g/mol. The first-order valence-electron chi connectivity index (χ1n) is 5.51. The van der Waals surface area contributed by atoms with Crippen molar-refractivity contribution in [2.45, 2.75) is 0 Å². The number of nitrogens with zero attached hydrogens (tertiary/aromatic N) is 2. The van der Waals surface area contributed by atoms with Gasteiger partial charge in [0.15, 0.2) is 0 Å². The Morgan fingerprint density at radius 2 is 1.88 bits per heavy atom. The van der Waals surface area contributed by atoms with Crippen molar-refractivity contribution in [3.8, 4) is 6.07 Å². The van der Waals surface area contributed by atoms with Crippen molar-refractivity contribution in [2.75, 3.05) is 26.3 Å². The van der Waals surface area contributed by atoms with Crippen molar-refractivity contribution in [1.29, 1.82) is 5.26 Å². The van der Waals surface area contributed by atoms with Crippen LogP contribution in [0.4, 0.5) is 0 Å². The van der Waals surface area contributed by atoms with E-state index >= 15 is 0 Å². The minimum Gasteiger partial charge on any atom is -0.378 e. The van der Waals surface area contributed by atoms with Crippen LogP contribution in [0, 0.1) is 11.3 Å². The molecule has 4 heteroatoms. The molecular formula is C13H13ClN2O. The van der Waals surface area contributed by atoms with Crippen LogP contribution in [-0.2, 0) is 4.74 Å². The Hall–Kier alpha value is -1.50. The number of morpholine rings is 1. The quantitative estimate of drug-likeness (QED) is 0.755. The minimum absolute atomic E-state index is 0.234. The van der Waals surface area contributed by atoms with Gasteiger partial charge in [0.05, 0.1) is 18.9 Å². The summed E-state index contributed by atoms with van der Waals surface area (Å²) >= 11 is 6.04. The summed E-state index contributed by atoms with van der Waals surface area (Å²) < 4.78 is 5.31. The fourth-order valence-electron chi connectivity index (χ4n) is 1.88. The van der Waals surface area contributed by atoms with Gasteiger partial charge < -0.3 is 9.64 Å². The molecule has 1 aliphatic heterocycles. The number of hydrogen-bond acceptors (Lipinski definition) is 3. The first kappa shape index (κ1) is 12.0. The Kier molecular flexibility index (Phi) is 4.03. The Morgan fingerprint density at radius 1 is 1.24 bits per heavy atom. The van der Waals surface area contributed by atoms with Gasteiger partial charge >= 0.3 is 0 Å². The number of ether oxygens (including phenoxy) is 1. The second-order valence-electron chi connectivity index (χ2n) is 3.74. The van der Waals surface area contributed by atoms with Crippen LogP contribution in [0.1, 0.15) is 5.56 Å². The molecule has 1 fully saturated rings. The van der Waals surface area contributed by atoms with Crippen molar-refractivity contribution in [1.82, 2.24) is 4.90 Å². The summed E-state index contributed by atoms with van der Waals surface area (Å²) in [5.74, 6) is 0. The molecule has 1 saturated heterocycles. The largest absolute Gasteiger partial charge is 0.378 e. The predicted molar refractivity (Wildman–Crippen MR) is 67.2 cm³/mol. The van der Waals surface area contributed by atoms with Gasteiger partial charge in [-0.25, -0.2) is 0 Å². The SMILES string of the molecule is N#C/C(Cl)=C(\c1ccccc1)N1CCOCC1. The molecule has 2 rings (SSSR count). The molecule has 0 saturated carbocycles. The number of hydrogen-bond donors (Lipinski definition) is 0. The third-order valence-electron chi connectivity index (χ3n) is 2.68. The van der Waals surface area contributed by atoms with Gasteiger partial charge in [0.1, 0.15) is 11.1 Å². The van der Waals surface area contributed by atoms with E-state index in [0.717, 1.165) is 24.4 Å². The molecule has 1 aromatic carbocycles. The lowest BCUT2D eigenvalue weighted by atomic mass is 10.1. The highest BCUT2D eigenvalue weighted by Gasteiger charge is 2.18. The van der Waals surface area contributed by atoms with Gasteiger partial charge in [0, 0.05) is 18.7 Å². The first-order valence-corrected chi connectivity index (χ1v) is 5.88. The van der Waals surface area contributed by atoms with Crippen LogP contribution in [0.2, 0.25) is 0 Å². The van der Waals surface area contributed by atoms with Gasteiger partial charge in [0.2, 0.25) is 0 Å². The van der Waals surface area contributed by atoms with Gasteiger partial charge in [-0.1, -0.05) is 41.9 Å². The topological polar surface area (TPSA) is 36.3 Å². The molecule has 0 atom stereocenters. The second-order valence-corrected chi connectivity index (χ2v) is 4.12. The van der Waals surface area contributed by atoms with Crippen LogP contribution in [-0.4, -0.2) is 31.2 Å². The van der Waals surface area contributed by atoms with E-state index in [1.165, 1.54) is 0 Å². The zero-order valence-electron chi connectivity index (χ0n) is 9.40. The smallest absolute Gasteiger partial charge is 0.142 e. The molecule has 0 bridgehead atoms. The minimum atomic E-state index is 0.234. The van der Waals surface area contributed by atoms with Crippen molar-refractivity contribution < 1.29 is 4.74 Å². The predicted octanol–water partition coefficient (Wildman–Crippen LogP) is 2.45. The van der Waals surface area contributed by atoms with Crippen LogP contribution >= 0.6 is 11.6 Å². The van der Waals surface area contributed by atoms with E-state index in [1.807, 2.05) is 36.4 Å². The molecule has 88 valence electrons. The Morgan fingerprint density at radius 3 is 2.47 bits per heavy atom. The molecule has 0 aromatic heterocycles. The fourth-order valence-corrected chi connectivity index (χ4v) is 2.11. The maximum Gasteiger partial charge on any atom is 0.142 e. The number of benzene rings is 1. The van der Waals surface area contributed by atoms with Crippen molar-refractivity contribution in [2.24, 2.45) is 0 Å². The lowest BCUT2D eigenvalue weighted by Gasteiger charge is -2.31. The standard InChI is InChI=1S/C13H13ClN2O/c14-12(10-15)13(11-4-2-1-3-5-11)16-6-8-17-9-7-16/h1-5H,6-9H2/b13-12-. The molecular weight excluding hydrogens is 236 g/mol. The molecule has 0 amide bonds. The third kappa shape index (κ3) is 2.79. The zero-order chi connectivity index (χ0) is 12.1. The molecule has 0 radical (unpaired) electrons. The molecule has 1 heterocycles. The van der Waals surface area contributed by atoms with E-state index in [0.29, 0.717) is 13.2 Å². The van der Waals surface area contributed by atoms with E-state index in [-0.39, 0.29) is 5.03 Å². The molecule has 1 aromatic rings. The van der Waals surface area contributed by atoms with Gasteiger partial charge in [-0.15, -0.1) is 0 Å². The van der Waals surface area contributed by atoms with Crippen molar-refractivity contribution in [3.05, 3.63) is 40.9 Å². The third-order valence-corrected chi connectivity index (χ3v) is 2.94. The Labute approximate surface area is 106 Å². The summed E-state index contributed by atoms with van der Waals surface area (Å²) in [5, 5.41) is 9.23. The monoisotopic (exact) mass is 248 g/mol. The summed E-state index contributed by atoms with van der Waals surface area (Å²) in [7, 11) is 0. The van der Waals surface area contributed by atoms with Crippen LogP contribution in [0.3, 0.4) is 0 Å². The number of nitriles is 1. The highest BCUT2D eigenvalue weighted by atomic mass is 35.5. The zero-order valence-corrected chi connectivity index (χ0v) is 10.2. The molecule has 0 spiro atoms. The van der Waals surface area contributed by atoms with Crippen LogP contribution in [0.5, 0.6) is 0 Å². The maximum absolute atomic E-state index is 9.00. The van der Waals surface area contributed by atoms with Crippen LogP contribution in [0.15, 0.2) is 35.4 Å². The Balaban J connectivity index is 2.36. The summed E-state index contributed by atoms with van der Waals surface area (Å²) in [6, 6.07) is 11.8. The Bertz CT molecular complexity index is 444. The van der Waals surface area contributed by atoms with E-state index in [4.69, 9.17) is 21.6 Å². The van der Waals surface area contributed by atoms with Gasteiger partial charge in [-0.3, -0.25) is 0 Å². The van der Waals surface area contributed by atoms with Crippen molar-refractivity contribution >= 4 is 17.3 Å². The van der Waals surface area contributed by atoms with Gasteiger partial charge in [-0.2, -0.15) is 5.26 Å². The van der Waals surface area contributed by atoms with Gasteiger partial charge in [0.25, 0.3) is 0 Å². The van der Waals surface area contributed by atoms with E-state index in [2.05, 4.69) is 4.90 Å². The van der Waals surface area contributed by atoms with Gasteiger partial charge in [-0.05, 0) is 0 Å². The fraction of sp³-hybridized carbons (Fsp3) is 0.308. The number of rotatable bonds is 2. The lowest BCUT2D eigenvalue weighted by Crippen LogP contribution is -2.35. The summed E-state index contributed by atoms with van der Waals surface area (Å²) in [6.07, 6.45) is 0. The highest BCUT2D eigenvalue weighted by Crippen LogP contribution is 2.25. The first-order chi connectivity index (χ1) is 8.33. The molecule has 0 aliphatic carbocycles. The van der Waals surface area contributed by atoms with E-state index in [1.54, 1.807) is 0 Å². The van der Waals surface area contributed by atoms with E-state index in [9.17, 15) is 0 Å². The number of allylic oxidation sites excluding steroid dienone is 1. The molecule has 3 nitrogen and oxygen atoms in total. The van der Waals surface area contributed by atoms with Crippen molar-refractivity contribution in [3.63, 3.8) is 0 Å². The lowest BCUT2D eigenvalue weighted by molar-refractivity contribution is 0.0639. The van der Waals surface area contributed by atoms with Crippen LogP contribution in [0.25, 0.3) is 5.70 Å². The molecule has 0 unspecified atom stereocenters. The maximum atomic E-state index is 9.00. The summed E-state index contributed by atoms with van der Waals surface area (Å²) in [6.45, 7) is 2.88. The second kappa shape index (κ2) is 5.72. The highest BCUT2D eigenvalue weighted by molar-refractivity contribution is 6.34. The summed E-state index contributed by atoms with van der Waals surface area (Å²) in [5.41, 5.74) is 1.78. The summed E-state index contributed by atoms with van der Waals surface area (Å²) in [4.78, 5) is 2.10. The molecule has 17 heavy (non-hydrogen) atoms. The van der Waals surface area contributed by atoms with E-state index < -0.39 is 0 Å². The molecule has 1 aliphatic rings. The normalized spacial score (nSPS) is 17.3. The van der Waals surface area contributed by atoms with Crippen LogP contribution < -0.4 is 0 Å². The molecule has 0 N–H and O–H groups in total. The average Bonchev–Trinajstić information content (AvgIpc) is 2.41. The number of halogens is 1.